The fraction of sp³-hybridized carbons (Fsp3) is 0. The van der Waals surface area contributed by atoms with E-state index in [9.17, 15) is 4.79 Å². The van der Waals surface area contributed by atoms with Crippen LogP contribution in [0.4, 0.5) is 5.95 Å². The van der Waals surface area contributed by atoms with E-state index in [4.69, 9.17) is 46.4 Å². The van der Waals surface area contributed by atoms with Gasteiger partial charge in [-0.15, -0.1) is 16.4 Å². The van der Waals surface area contributed by atoms with Gasteiger partial charge >= 0.3 is 0 Å². The normalized spacial score (nSPS) is 11.4. The molecule has 0 aliphatic rings. The van der Waals surface area contributed by atoms with Crippen molar-refractivity contribution in [3.05, 3.63) is 73.5 Å². The molecular weight excluding hydrogens is 474 g/mol. The number of rotatable bonds is 4. The Morgan fingerprint density at radius 1 is 1.03 bits per heavy atom. The number of thiazole rings is 1. The van der Waals surface area contributed by atoms with Crippen molar-refractivity contribution in [1.82, 2.24) is 14.6 Å². The number of nitrogens with zero attached hydrogens (tertiary/aromatic N) is 3. The Morgan fingerprint density at radius 3 is 2.48 bits per heavy atom. The van der Waals surface area contributed by atoms with Gasteiger partial charge in [0.05, 0.1) is 10.7 Å². The average Bonchev–Trinajstić information content (AvgIpc) is 3.21. The maximum atomic E-state index is 12.2. The van der Waals surface area contributed by atoms with Gasteiger partial charge in [0.15, 0.2) is 0 Å². The molecule has 146 valence electrons. The maximum Gasteiger partial charge on any atom is 0.250 e. The number of benzene rings is 2. The number of carbonyl (C=O) groups is 1. The van der Waals surface area contributed by atoms with Crippen LogP contribution in [0.25, 0.3) is 22.3 Å². The molecule has 2 aromatic carbocycles. The van der Waals surface area contributed by atoms with Crippen LogP contribution in [0, 0.1) is 0 Å². The Morgan fingerprint density at radius 2 is 1.76 bits per heavy atom. The quantitative estimate of drug-likeness (QED) is 0.327. The fourth-order valence-electron chi connectivity index (χ4n) is 2.57. The number of hydrogen-bond acceptors (Lipinski definition) is 4. The van der Waals surface area contributed by atoms with Crippen molar-refractivity contribution in [2.45, 2.75) is 0 Å². The lowest BCUT2D eigenvalue weighted by Gasteiger charge is -2.02. The lowest BCUT2D eigenvalue weighted by atomic mass is 10.2. The van der Waals surface area contributed by atoms with Crippen molar-refractivity contribution >= 4 is 80.6 Å². The van der Waals surface area contributed by atoms with Crippen LogP contribution in [-0.2, 0) is 4.79 Å². The van der Waals surface area contributed by atoms with Crippen molar-refractivity contribution in [2.75, 3.05) is 5.32 Å². The van der Waals surface area contributed by atoms with E-state index in [0.717, 1.165) is 11.3 Å². The van der Waals surface area contributed by atoms with E-state index >= 15 is 0 Å². The number of amides is 1. The van der Waals surface area contributed by atoms with Gasteiger partial charge in [0, 0.05) is 32.1 Å². The first-order valence-corrected chi connectivity index (χ1v) is 10.5. The summed E-state index contributed by atoms with van der Waals surface area (Å²) in [5, 5.41) is 10.9. The fourth-order valence-corrected chi connectivity index (χ4v) is 4.37. The van der Waals surface area contributed by atoms with Crippen LogP contribution >= 0.6 is 57.7 Å². The first-order chi connectivity index (χ1) is 13.9. The summed E-state index contributed by atoms with van der Waals surface area (Å²) in [5.74, 6) is -0.208. The molecule has 10 heteroatoms. The van der Waals surface area contributed by atoms with Crippen LogP contribution in [0.1, 0.15) is 5.56 Å². The van der Waals surface area contributed by atoms with Crippen LogP contribution in [-0.4, -0.2) is 20.5 Å². The van der Waals surface area contributed by atoms with Gasteiger partial charge < -0.3 is 0 Å². The molecule has 2 heterocycles. The first kappa shape index (κ1) is 20.2. The molecule has 0 saturated carbocycles. The zero-order valence-corrected chi connectivity index (χ0v) is 18.2. The van der Waals surface area contributed by atoms with Crippen LogP contribution in [0.3, 0.4) is 0 Å². The van der Waals surface area contributed by atoms with E-state index in [-0.39, 0.29) is 11.9 Å². The van der Waals surface area contributed by atoms with E-state index in [1.165, 1.54) is 17.4 Å². The zero-order chi connectivity index (χ0) is 20.5. The number of hydrogen-bond donors (Lipinski definition) is 1. The van der Waals surface area contributed by atoms with Gasteiger partial charge in [0.1, 0.15) is 0 Å². The van der Waals surface area contributed by atoms with Crippen molar-refractivity contribution in [3.63, 3.8) is 0 Å². The molecule has 1 N–H and O–H groups in total. The molecular formula is C19H10Cl4N4OS. The Bertz CT molecular complexity index is 1260. The number of fused-ring (bicyclic) bond motifs is 1. The van der Waals surface area contributed by atoms with E-state index in [1.807, 2.05) is 11.4 Å². The lowest BCUT2D eigenvalue weighted by Crippen LogP contribution is -2.09. The van der Waals surface area contributed by atoms with Crippen LogP contribution in [0.15, 0.2) is 47.9 Å². The topological polar surface area (TPSA) is 59.3 Å². The molecule has 0 atom stereocenters. The van der Waals surface area contributed by atoms with E-state index in [2.05, 4.69) is 15.4 Å². The summed E-state index contributed by atoms with van der Waals surface area (Å²) in [6.07, 6.45) is 2.94. The Hall–Kier alpha value is -2.09. The van der Waals surface area contributed by atoms with Gasteiger partial charge in [-0.2, -0.15) is 4.98 Å². The third-order valence-corrected chi connectivity index (χ3v) is 5.83. The third-order valence-electron chi connectivity index (χ3n) is 3.90. The predicted octanol–water partition coefficient (Wildman–Crippen LogP) is 6.72. The van der Waals surface area contributed by atoms with Gasteiger partial charge in [0.25, 0.3) is 11.9 Å². The first-order valence-electron chi connectivity index (χ1n) is 8.14. The van der Waals surface area contributed by atoms with Gasteiger partial charge in [-0.1, -0.05) is 52.5 Å². The molecule has 0 aliphatic carbocycles. The van der Waals surface area contributed by atoms with Gasteiger partial charge in [-0.3, -0.25) is 10.1 Å². The average molecular weight is 484 g/mol. The number of halogens is 4. The summed E-state index contributed by atoms with van der Waals surface area (Å²) >= 11 is 25.6. The minimum absolute atomic E-state index is 0.181. The Labute approximate surface area is 189 Å². The molecule has 0 radical (unpaired) electrons. The largest absolute Gasteiger partial charge is 0.290 e. The van der Waals surface area contributed by atoms with Crippen molar-refractivity contribution < 1.29 is 4.79 Å². The molecule has 2 aromatic heterocycles. The van der Waals surface area contributed by atoms with Gasteiger partial charge in [-0.05, 0) is 42.0 Å². The highest BCUT2D eigenvalue weighted by atomic mass is 35.5. The summed E-state index contributed by atoms with van der Waals surface area (Å²) in [5.41, 5.74) is 2.19. The molecule has 0 saturated heterocycles. The minimum Gasteiger partial charge on any atom is -0.290 e. The van der Waals surface area contributed by atoms with E-state index < -0.39 is 0 Å². The Balaban J connectivity index is 1.55. The van der Waals surface area contributed by atoms with E-state index in [0.29, 0.717) is 30.6 Å². The monoisotopic (exact) mass is 482 g/mol. The molecule has 4 aromatic rings. The smallest absolute Gasteiger partial charge is 0.250 e. The number of aromatic nitrogens is 3. The zero-order valence-electron chi connectivity index (χ0n) is 14.4. The van der Waals surface area contributed by atoms with Gasteiger partial charge in [0.2, 0.25) is 4.96 Å². The van der Waals surface area contributed by atoms with Crippen molar-refractivity contribution in [3.8, 4) is 11.3 Å². The van der Waals surface area contributed by atoms with Crippen LogP contribution < -0.4 is 5.32 Å². The van der Waals surface area contributed by atoms with Gasteiger partial charge in [-0.25, -0.2) is 4.52 Å². The van der Waals surface area contributed by atoms with Crippen molar-refractivity contribution in [2.24, 2.45) is 0 Å². The molecule has 1 amide bonds. The SMILES string of the molecule is O=C(/C=C/c1ccc(Cl)cc1Cl)Nc1nc2scc(-c3ccc(Cl)cc3Cl)n2n1. The highest BCUT2D eigenvalue weighted by Crippen LogP contribution is 2.33. The summed E-state index contributed by atoms with van der Waals surface area (Å²) < 4.78 is 1.62. The molecule has 0 fully saturated rings. The van der Waals surface area contributed by atoms with Crippen LogP contribution in [0.5, 0.6) is 0 Å². The number of carbonyl (C=O) groups excluding carboxylic acids is 1. The highest BCUT2D eigenvalue weighted by Gasteiger charge is 2.15. The molecule has 29 heavy (non-hydrogen) atoms. The number of nitrogens with one attached hydrogen (secondary N) is 1. The molecule has 0 aliphatic heterocycles. The lowest BCUT2D eigenvalue weighted by molar-refractivity contribution is -0.111. The summed E-state index contributed by atoms with van der Waals surface area (Å²) in [7, 11) is 0. The predicted molar refractivity (Wildman–Crippen MR) is 120 cm³/mol. The second-order valence-corrected chi connectivity index (χ2v) is 8.39. The van der Waals surface area contributed by atoms with Crippen molar-refractivity contribution in [1.29, 1.82) is 0 Å². The third kappa shape index (κ3) is 4.42. The van der Waals surface area contributed by atoms with E-state index in [1.54, 1.807) is 40.9 Å². The molecule has 5 nitrogen and oxygen atoms in total. The molecule has 0 bridgehead atoms. The molecule has 0 unspecified atom stereocenters. The second-order valence-electron chi connectivity index (χ2n) is 5.86. The summed E-state index contributed by atoms with van der Waals surface area (Å²) in [6.45, 7) is 0. The number of anilines is 1. The second kappa shape index (κ2) is 8.34. The maximum absolute atomic E-state index is 12.2. The summed E-state index contributed by atoms with van der Waals surface area (Å²) in [4.78, 5) is 17.2. The minimum atomic E-state index is -0.389. The summed E-state index contributed by atoms with van der Waals surface area (Å²) in [6, 6.07) is 10.2. The highest BCUT2D eigenvalue weighted by molar-refractivity contribution is 7.15. The standard InChI is InChI=1S/C19H10Cl4N4OS/c20-11-3-1-10(14(22)7-11)2-6-17(28)24-18-25-19-27(26-18)16(9-29-19)13-5-4-12(21)8-15(13)23/h1-9H,(H,24,26,28)/b6-2+. The Kier molecular flexibility index (Phi) is 5.81. The molecule has 0 spiro atoms. The van der Waals surface area contributed by atoms with Crippen LogP contribution in [0.2, 0.25) is 20.1 Å². The molecule has 4 rings (SSSR count).